The van der Waals surface area contributed by atoms with Crippen LogP contribution >= 0.6 is 0 Å². The summed E-state index contributed by atoms with van der Waals surface area (Å²) in [7, 11) is 0. The Balaban J connectivity index is 1.84. The molecule has 0 aliphatic heterocycles. The third-order valence-corrected chi connectivity index (χ3v) is 2.47. The molecule has 0 spiro atoms. The van der Waals surface area contributed by atoms with E-state index in [1.807, 2.05) is 30.5 Å². The summed E-state index contributed by atoms with van der Waals surface area (Å²) in [6.45, 7) is 6.47. The molecule has 2 rings (SSSR count). The summed E-state index contributed by atoms with van der Waals surface area (Å²) in [5.41, 5.74) is 0.957. The summed E-state index contributed by atoms with van der Waals surface area (Å²) in [5, 5.41) is 4.22. The maximum atomic E-state index is 5.49. The van der Waals surface area contributed by atoms with Crippen molar-refractivity contribution in [3.63, 3.8) is 0 Å². The smallest absolute Gasteiger partial charge is 0.223 e. The first-order valence-corrected chi connectivity index (χ1v) is 6.29. The molecule has 0 fully saturated rings. The number of para-hydroxylation sites is 1. The van der Waals surface area contributed by atoms with E-state index in [4.69, 9.17) is 4.74 Å². The minimum absolute atomic E-state index is 0.571. The number of anilines is 1. The third-order valence-electron chi connectivity index (χ3n) is 2.47. The molecule has 0 saturated heterocycles. The molecule has 0 aliphatic carbocycles. The Bertz CT molecular complexity index is 499. The fourth-order valence-corrected chi connectivity index (χ4v) is 1.61. The minimum Gasteiger partial charge on any atom is -0.379 e. The normalized spacial score (nSPS) is 11.1. The number of hydrogen-bond acceptors (Lipinski definition) is 4. The van der Waals surface area contributed by atoms with Crippen molar-refractivity contribution < 1.29 is 4.74 Å². The van der Waals surface area contributed by atoms with Gasteiger partial charge >= 0.3 is 0 Å². The van der Waals surface area contributed by atoms with Crippen molar-refractivity contribution in [2.24, 2.45) is 5.92 Å². The van der Waals surface area contributed by atoms with Crippen LogP contribution in [0.5, 0.6) is 0 Å². The Labute approximate surface area is 107 Å². The maximum Gasteiger partial charge on any atom is 0.223 e. The molecule has 0 amide bonds. The summed E-state index contributed by atoms with van der Waals surface area (Å²) in [6.07, 6.45) is 1.83. The number of hydrogen-bond donors (Lipinski definition) is 1. The number of fused-ring (bicyclic) bond motifs is 1. The van der Waals surface area contributed by atoms with Crippen LogP contribution in [0.3, 0.4) is 0 Å². The highest BCUT2D eigenvalue weighted by atomic mass is 16.5. The van der Waals surface area contributed by atoms with Gasteiger partial charge in [0, 0.05) is 24.7 Å². The average molecular weight is 245 g/mol. The molecule has 18 heavy (non-hydrogen) atoms. The monoisotopic (exact) mass is 245 g/mol. The molecule has 0 saturated carbocycles. The molecule has 0 radical (unpaired) electrons. The van der Waals surface area contributed by atoms with Gasteiger partial charge in [-0.1, -0.05) is 32.0 Å². The number of aromatic nitrogens is 2. The molecular weight excluding hydrogens is 226 g/mol. The topological polar surface area (TPSA) is 47.0 Å². The SMILES string of the molecule is CC(C)COCCNc1ncc2ccccc2n1. The molecule has 0 bridgehead atoms. The number of ether oxygens (including phenoxy) is 1. The van der Waals surface area contributed by atoms with Crippen LogP contribution in [0.25, 0.3) is 10.9 Å². The van der Waals surface area contributed by atoms with E-state index in [2.05, 4.69) is 29.1 Å². The maximum absolute atomic E-state index is 5.49. The van der Waals surface area contributed by atoms with E-state index >= 15 is 0 Å². The second-order valence-electron chi connectivity index (χ2n) is 4.65. The fraction of sp³-hybridized carbons (Fsp3) is 0.429. The first kappa shape index (κ1) is 12.8. The van der Waals surface area contributed by atoms with Gasteiger partial charge in [0.2, 0.25) is 5.95 Å². The Kier molecular flexibility index (Phi) is 4.47. The number of rotatable bonds is 6. The van der Waals surface area contributed by atoms with E-state index < -0.39 is 0 Å². The lowest BCUT2D eigenvalue weighted by Crippen LogP contribution is -2.13. The van der Waals surface area contributed by atoms with Crippen LogP contribution in [0.2, 0.25) is 0 Å². The van der Waals surface area contributed by atoms with Crippen LogP contribution < -0.4 is 5.32 Å². The van der Waals surface area contributed by atoms with Gasteiger partial charge in [0.1, 0.15) is 0 Å². The predicted molar refractivity (Wildman–Crippen MR) is 73.7 cm³/mol. The van der Waals surface area contributed by atoms with Crippen LogP contribution in [0.15, 0.2) is 30.5 Å². The Morgan fingerprint density at radius 2 is 2.11 bits per heavy atom. The van der Waals surface area contributed by atoms with Crippen LogP contribution in [-0.4, -0.2) is 29.7 Å². The highest BCUT2D eigenvalue weighted by Crippen LogP contribution is 2.11. The van der Waals surface area contributed by atoms with Crippen LogP contribution in [0.1, 0.15) is 13.8 Å². The predicted octanol–water partition coefficient (Wildman–Crippen LogP) is 2.71. The number of nitrogens with zero attached hydrogens (tertiary/aromatic N) is 2. The van der Waals surface area contributed by atoms with E-state index in [0.29, 0.717) is 18.5 Å². The summed E-state index contributed by atoms with van der Waals surface area (Å²) in [5.74, 6) is 1.23. The van der Waals surface area contributed by atoms with Crippen molar-refractivity contribution in [1.82, 2.24) is 9.97 Å². The molecule has 2 aromatic rings. The largest absolute Gasteiger partial charge is 0.379 e. The van der Waals surface area contributed by atoms with Crippen LogP contribution in [-0.2, 0) is 4.74 Å². The van der Waals surface area contributed by atoms with Gasteiger partial charge in [0.25, 0.3) is 0 Å². The molecule has 4 heteroatoms. The van der Waals surface area contributed by atoms with E-state index in [9.17, 15) is 0 Å². The highest BCUT2D eigenvalue weighted by molar-refractivity contribution is 5.78. The summed E-state index contributed by atoms with van der Waals surface area (Å²) in [6, 6.07) is 7.95. The van der Waals surface area contributed by atoms with Gasteiger partial charge < -0.3 is 10.1 Å². The summed E-state index contributed by atoms with van der Waals surface area (Å²) >= 11 is 0. The van der Waals surface area contributed by atoms with Crippen molar-refractivity contribution >= 4 is 16.9 Å². The van der Waals surface area contributed by atoms with Crippen LogP contribution in [0, 0.1) is 5.92 Å². The van der Waals surface area contributed by atoms with Crippen molar-refractivity contribution in [3.8, 4) is 0 Å². The lowest BCUT2D eigenvalue weighted by Gasteiger charge is -2.08. The van der Waals surface area contributed by atoms with E-state index in [-0.39, 0.29) is 0 Å². The van der Waals surface area contributed by atoms with Gasteiger partial charge in [0.15, 0.2) is 0 Å². The second kappa shape index (κ2) is 6.31. The van der Waals surface area contributed by atoms with Gasteiger partial charge in [-0.2, -0.15) is 0 Å². The van der Waals surface area contributed by atoms with Gasteiger partial charge in [-0.05, 0) is 12.0 Å². The summed E-state index contributed by atoms with van der Waals surface area (Å²) < 4.78 is 5.49. The average Bonchev–Trinajstić information content (AvgIpc) is 2.38. The zero-order valence-corrected chi connectivity index (χ0v) is 10.9. The van der Waals surface area contributed by atoms with Crippen molar-refractivity contribution in [3.05, 3.63) is 30.5 Å². The zero-order valence-electron chi connectivity index (χ0n) is 10.9. The van der Waals surface area contributed by atoms with Crippen molar-refractivity contribution in [2.45, 2.75) is 13.8 Å². The van der Waals surface area contributed by atoms with Gasteiger partial charge in [-0.25, -0.2) is 9.97 Å². The van der Waals surface area contributed by atoms with E-state index in [1.165, 1.54) is 0 Å². The quantitative estimate of drug-likeness (QED) is 0.795. The van der Waals surface area contributed by atoms with Gasteiger partial charge in [-0.3, -0.25) is 0 Å². The van der Waals surface area contributed by atoms with Gasteiger partial charge in [0.05, 0.1) is 12.1 Å². The third kappa shape index (κ3) is 3.67. The molecule has 1 aromatic heterocycles. The van der Waals surface area contributed by atoms with E-state index in [1.54, 1.807) is 0 Å². The Morgan fingerprint density at radius 3 is 2.94 bits per heavy atom. The van der Waals surface area contributed by atoms with Gasteiger partial charge in [-0.15, -0.1) is 0 Å². The second-order valence-corrected chi connectivity index (χ2v) is 4.65. The molecule has 1 N–H and O–H groups in total. The standard InChI is InChI=1S/C14H19N3O/c1-11(2)10-18-8-7-15-14-16-9-12-5-3-4-6-13(12)17-14/h3-6,9,11H,7-8,10H2,1-2H3,(H,15,16,17). The first-order chi connectivity index (χ1) is 8.75. The van der Waals surface area contributed by atoms with Crippen molar-refractivity contribution in [1.29, 1.82) is 0 Å². The Morgan fingerprint density at radius 1 is 1.28 bits per heavy atom. The lowest BCUT2D eigenvalue weighted by molar-refractivity contribution is 0.118. The Hall–Kier alpha value is -1.68. The van der Waals surface area contributed by atoms with Crippen molar-refractivity contribution in [2.75, 3.05) is 25.1 Å². The molecule has 0 aliphatic rings. The molecule has 1 aromatic carbocycles. The molecule has 0 unspecified atom stereocenters. The molecule has 0 atom stereocenters. The molecule has 96 valence electrons. The fourth-order valence-electron chi connectivity index (χ4n) is 1.61. The highest BCUT2D eigenvalue weighted by Gasteiger charge is 1.99. The molecule has 4 nitrogen and oxygen atoms in total. The number of benzene rings is 1. The lowest BCUT2D eigenvalue weighted by atomic mass is 10.2. The summed E-state index contributed by atoms with van der Waals surface area (Å²) in [4.78, 5) is 8.69. The molecular formula is C14H19N3O. The number of nitrogens with one attached hydrogen (secondary N) is 1. The zero-order chi connectivity index (χ0) is 12.8. The molecule has 1 heterocycles. The van der Waals surface area contributed by atoms with E-state index in [0.717, 1.165) is 24.1 Å². The minimum atomic E-state index is 0.571. The first-order valence-electron chi connectivity index (χ1n) is 6.29. The van der Waals surface area contributed by atoms with Crippen LogP contribution in [0.4, 0.5) is 5.95 Å².